The quantitative estimate of drug-likeness (QED) is 0.632. The second-order valence-electron chi connectivity index (χ2n) is 10.1. The van der Waals surface area contributed by atoms with E-state index in [1.807, 2.05) is 7.11 Å². The van der Waals surface area contributed by atoms with Crippen molar-refractivity contribution in [1.82, 2.24) is 15.0 Å². The molecular formula is C23H36ClN3O2. The van der Waals surface area contributed by atoms with Gasteiger partial charge < -0.3 is 9.26 Å². The van der Waals surface area contributed by atoms with Crippen LogP contribution in [0.25, 0.3) is 0 Å². The first-order valence-corrected chi connectivity index (χ1v) is 12.3. The third-order valence-electron chi connectivity index (χ3n) is 8.74. The topological polar surface area (TPSA) is 51.4 Å². The number of halogens is 1. The molecule has 4 unspecified atom stereocenters. The Hall–Kier alpha value is -0.650. The Labute approximate surface area is 179 Å². The summed E-state index contributed by atoms with van der Waals surface area (Å²) in [6, 6.07) is 1.30. The first kappa shape index (κ1) is 20.3. The summed E-state index contributed by atoms with van der Waals surface area (Å²) in [4.78, 5) is 7.66. The number of methoxy groups -OCH3 is 1. The molecule has 2 saturated carbocycles. The predicted molar refractivity (Wildman–Crippen MR) is 113 cm³/mol. The maximum atomic E-state index is 6.42. The zero-order valence-electron chi connectivity index (χ0n) is 17.9. The molecular weight excluding hydrogens is 386 g/mol. The molecule has 5 rings (SSSR count). The summed E-state index contributed by atoms with van der Waals surface area (Å²) in [5.74, 6) is 4.13. The summed E-state index contributed by atoms with van der Waals surface area (Å²) < 4.78 is 11.5. The van der Waals surface area contributed by atoms with Gasteiger partial charge in [0.1, 0.15) is 0 Å². The predicted octanol–water partition coefficient (Wildman–Crippen LogP) is 5.11. The molecule has 5 nitrogen and oxygen atoms in total. The fraction of sp³-hybridized carbons (Fsp3) is 0.913. The summed E-state index contributed by atoms with van der Waals surface area (Å²) in [6.45, 7) is 0. The van der Waals surface area contributed by atoms with Gasteiger partial charge in [-0.2, -0.15) is 4.98 Å². The summed E-state index contributed by atoms with van der Waals surface area (Å²) in [5.41, 5.74) is 0. The smallest absolute Gasteiger partial charge is 0.231 e. The number of piperidine rings is 1. The monoisotopic (exact) mass is 421 g/mol. The highest BCUT2D eigenvalue weighted by Crippen LogP contribution is 2.52. The van der Waals surface area contributed by atoms with Gasteiger partial charge in [0.25, 0.3) is 0 Å². The fourth-order valence-electron chi connectivity index (χ4n) is 6.95. The van der Waals surface area contributed by atoms with Gasteiger partial charge in [-0.25, -0.2) is 0 Å². The molecule has 6 heteroatoms. The standard InChI is InChI=1S/C23H36ClN3O2/c1-27-17-9-12-20(27)21(19(13-17)14-3-7-16(24)8-4-14)23-25-22(26-29-23)15-5-10-18(28-2)11-6-15/h14-21H,3-13H2,1-2H3. The van der Waals surface area contributed by atoms with Gasteiger partial charge >= 0.3 is 0 Å². The van der Waals surface area contributed by atoms with Gasteiger partial charge in [-0.3, -0.25) is 4.90 Å². The zero-order chi connectivity index (χ0) is 20.0. The summed E-state index contributed by atoms with van der Waals surface area (Å²) >= 11 is 6.42. The van der Waals surface area contributed by atoms with E-state index >= 15 is 0 Å². The van der Waals surface area contributed by atoms with Gasteiger partial charge in [-0.05, 0) is 89.5 Å². The van der Waals surface area contributed by atoms with Crippen LogP contribution in [0.3, 0.4) is 0 Å². The number of rotatable bonds is 4. The number of hydrogen-bond donors (Lipinski definition) is 0. The molecule has 0 radical (unpaired) electrons. The van der Waals surface area contributed by atoms with Crippen LogP contribution in [0, 0.1) is 11.8 Å². The first-order valence-electron chi connectivity index (χ1n) is 11.9. The van der Waals surface area contributed by atoms with E-state index in [9.17, 15) is 0 Å². The average molecular weight is 422 g/mol. The maximum absolute atomic E-state index is 6.42. The minimum Gasteiger partial charge on any atom is -0.381 e. The van der Waals surface area contributed by atoms with E-state index < -0.39 is 0 Å². The second kappa shape index (κ2) is 8.47. The Kier molecular flexibility index (Phi) is 5.92. The molecule has 2 aliphatic heterocycles. The lowest BCUT2D eigenvalue weighted by Crippen LogP contribution is -2.47. The van der Waals surface area contributed by atoms with Crippen LogP contribution in [0.2, 0.25) is 0 Å². The Bertz CT molecular complexity index is 681. The normalized spacial score (nSPS) is 43.6. The Morgan fingerprint density at radius 3 is 2.48 bits per heavy atom. The summed E-state index contributed by atoms with van der Waals surface area (Å²) in [7, 11) is 4.13. The summed E-state index contributed by atoms with van der Waals surface area (Å²) in [6.07, 6.45) is 13.6. The van der Waals surface area contributed by atoms with E-state index in [4.69, 9.17) is 25.8 Å². The number of hydrogen-bond acceptors (Lipinski definition) is 5. The molecule has 4 fully saturated rings. The van der Waals surface area contributed by atoms with Crippen LogP contribution in [0.1, 0.15) is 94.2 Å². The molecule has 3 heterocycles. The molecule has 29 heavy (non-hydrogen) atoms. The highest BCUT2D eigenvalue weighted by molar-refractivity contribution is 6.20. The van der Waals surface area contributed by atoms with Crippen molar-refractivity contribution in [2.45, 2.75) is 106 Å². The van der Waals surface area contributed by atoms with Gasteiger partial charge in [-0.1, -0.05) is 5.16 Å². The van der Waals surface area contributed by atoms with Gasteiger partial charge in [0.2, 0.25) is 5.89 Å². The van der Waals surface area contributed by atoms with Crippen molar-refractivity contribution in [2.24, 2.45) is 11.8 Å². The SMILES string of the molecule is COC1CCC(c2noc(C3C(C4CCC(Cl)CC4)CC4CCC3N4C)n2)CC1. The average Bonchev–Trinajstić information content (AvgIpc) is 3.31. The van der Waals surface area contributed by atoms with Crippen molar-refractivity contribution in [3.63, 3.8) is 0 Å². The second-order valence-corrected chi connectivity index (χ2v) is 10.7. The van der Waals surface area contributed by atoms with Gasteiger partial charge in [-0.15, -0.1) is 11.6 Å². The molecule has 1 aromatic heterocycles. The molecule has 0 N–H and O–H groups in total. The van der Waals surface area contributed by atoms with E-state index in [1.165, 1.54) is 44.9 Å². The number of likely N-dealkylation sites (N-methyl/N-ethyl adjacent to an activating group) is 1. The van der Waals surface area contributed by atoms with E-state index in [0.29, 0.717) is 35.3 Å². The van der Waals surface area contributed by atoms with E-state index in [0.717, 1.165) is 49.4 Å². The molecule has 1 aromatic rings. The van der Waals surface area contributed by atoms with Crippen LogP contribution in [0.4, 0.5) is 0 Å². The van der Waals surface area contributed by atoms with Crippen molar-refractivity contribution in [2.75, 3.05) is 14.2 Å². The van der Waals surface area contributed by atoms with Crippen LogP contribution >= 0.6 is 11.6 Å². The molecule has 162 valence electrons. The van der Waals surface area contributed by atoms with Crippen LogP contribution < -0.4 is 0 Å². The third kappa shape index (κ3) is 3.87. The molecule has 0 aromatic carbocycles. The molecule has 4 aliphatic rings. The van der Waals surface area contributed by atoms with Crippen molar-refractivity contribution >= 4 is 11.6 Å². The number of aromatic nitrogens is 2. The van der Waals surface area contributed by atoms with E-state index in [-0.39, 0.29) is 0 Å². The number of fused-ring (bicyclic) bond motifs is 2. The van der Waals surface area contributed by atoms with Gasteiger partial charge in [0.05, 0.1) is 12.0 Å². The number of alkyl halides is 1. The van der Waals surface area contributed by atoms with Crippen molar-refractivity contribution in [3.05, 3.63) is 11.7 Å². The van der Waals surface area contributed by atoms with Crippen molar-refractivity contribution < 1.29 is 9.26 Å². The minimum atomic E-state index is 0.380. The summed E-state index contributed by atoms with van der Waals surface area (Å²) in [5, 5.41) is 4.88. The lowest BCUT2D eigenvalue weighted by molar-refractivity contribution is 0.0497. The fourth-order valence-corrected chi connectivity index (χ4v) is 7.20. The Balaban J connectivity index is 1.36. The lowest BCUT2D eigenvalue weighted by atomic mass is 9.68. The number of ether oxygens (including phenoxy) is 1. The van der Waals surface area contributed by atoms with Gasteiger partial charge in [0, 0.05) is 30.5 Å². The van der Waals surface area contributed by atoms with Crippen LogP contribution in [0.5, 0.6) is 0 Å². The molecule has 0 amide bonds. The van der Waals surface area contributed by atoms with Crippen molar-refractivity contribution in [1.29, 1.82) is 0 Å². The minimum absolute atomic E-state index is 0.380. The number of nitrogens with zero attached hydrogens (tertiary/aromatic N) is 3. The maximum Gasteiger partial charge on any atom is 0.231 e. The van der Waals surface area contributed by atoms with Gasteiger partial charge in [0.15, 0.2) is 5.82 Å². The largest absolute Gasteiger partial charge is 0.381 e. The lowest BCUT2D eigenvalue weighted by Gasteiger charge is -2.45. The molecule has 2 saturated heterocycles. The zero-order valence-corrected chi connectivity index (χ0v) is 18.7. The highest BCUT2D eigenvalue weighted by Gasteiger charge is 2.50. The molecule has 0 spiro atoms. The first-order chi connectivity index (χ1) is 14.1. The molecule has 4 atom stereocenters. The van der Waals surface area contributed by atoms with E-state index in [1.54, 1.807) is 0 Å². The van der Waals surface area contributed by atoms with Crippen LogP contribution in [-0.4, -0.2) is 52.8 Å². The highest BCUT2D eigenvalue weighted by atomic mass is 35.5. The third-order valence-corrected chi connectivity index (χ3v) is 9.17. The Morgan fingerprint density at radius 2 is 1.76 bits per heavy atom. The Morgan fingerprint density at radius 1 is 1.00 bits per heavy atom. The van der Waals surface area contributed by atoms with E-state index in [2.05, 4.69) is 17.1 Å². The molecule has 2 bridgehead atoms. The van der Waals surface area contributed by atoms with Crippen LogP contribution in [-0.2, 0) is 4.74 Å². The van der Waals surface area contributed by atoms with Crippen LogP contribution in [0.15, 0.2) is 4.52 Å². The van der Waals surface area contributed by atoms with Crippen molar-refractivity contribution in [3.8, 4) is 0 Å². The molecule has 2 aliphatic carbocycles.